The molecule has 0 aliphatic carbocycles. The van der Waals surface area contributed by atoms with Crippen LogP contribution in [0.2, 0.25) is 0 Å². The van der Waals surface area contributed by atoms with Crippen molar-refractivity contribution in [1.29, 1.82) is 0 Å². The molecule has 2 amide bonds. The van der Waals surface area contributed by atoms with Gasteiger partial charge in [-0.05, 0) is 86.3 Å². The maximum absolute atomic E-state index is 13.9. The fourth-order valence-electron chi connectivity index (χ4n) is 3.86. The van der Waals surface area contributed by atoms with Crippen molar-refractivity contribution in [2.24, 2.45) is 0 Å². The monoisotopic (exact) mass is 633 g/mol. The molecule has 0 aromatic heterocycles. The Kier molecular flexibility index (Phi) is 10.8. The number of rotatable bonds is 12. The summed E-state index contributed by atoms with van der Waals surface area (Å²) in [5, 5.41) is 2.58. The van der Waals surface area contributed by atoms with Crippen LogP contribution in [0.3, 0.4) is 0 Å². The number of benzene rings is 3. The maximum atomic E-state index is 13.9. The van der Waals surface area contributed by atoms with Gasteiger partial charge in [0.15, 0.2) is 0 Å². The molecule has 0 saturated heterocycles. The van der Waals surface area contributed by atoms with E-state index in [1.54, 1.807) is 43.3 Å². The van der Waals surface area contributed by atoms with E-state index in [0.29, 0.717) is 18.0 Å². The molecule has 0 aliphatic rings. The van der Waals surface area contributed by atoms with Crippen LogP contribution < -0.4 is 14.4 Å². The van der Waals surface area contributed by atoms with Gasteiger partial charge in [-0.1, -0.05) is 28.1 Å². The van der Waals surface area contributed by atoms with Crippen LogP contribution in [0.15, 0.2) is 87.1 Å². The summed E-state index contributed by atoms with van der Waals surface area (Å²) < 4.78 is 35.2. The molecule has 208 valence electrons. The van der Waals surface area contributed by atoms with Crippen molar-refractivity contribution in [3.63, 3.8) is 0 Å². The average Bonchev–Trinajstić information content (AvgIpc) is 2.95. The Labute approximate surface area is 242 Å². The van der Waals surface area contributed by atoms with Crippen LogP contribution in [0.1, 0.15) is 19.4 Å². The van der Waals surface area contributed by atoms with Crippen molar-refractivity contribution < 1.29 is 22.7 Å². The van der Waals surface area contributed by atoms with E-state index in [1.165, 1.54) is 35.8 Å². The van der Waals surface area contributed by atoms with Gasteiger partial charge in [-0.2, -0.15) is 0 Å². The number of likely N-dealkylation sites (N-methyl/N-ethyl adjacent to an activating group) is 1. The van der Waals surface area contributed by atoms with E-state index in [0.717, 1.165) is 19.2 Å². The van der Waals surface area contributed by atoms with Crippen molar-refractivity contribution in [3.05, 3.63) is 82.8 Å². The second kappa shape index (κ2) is 13.9. The minimum Gasteiger partial charge on any atom is -0.494 e. The van der Waals surface area contributed by atoms with Gasteiger partial charge in [0.2, 0.25) is 11.8 Å². The second-order valence-electron chi connectivity index (χ2n) is 8.55. The number of carbonyl (C=O) groups excluding carboxylic acids is 2. The quantitative estimate of drug-likeness (QED) is 0.284. The molecule has 11 heteroatoms. The SMILES string of the molecule is CCOc1ccc(N(CC(=O)N(Cc2ccc(Br)cc2)[C@@H](C)C(=O)NC)S(=O)(=O)c2ccc(SC)cc2)cc1. The predicted octanol–water partition coefficient (Wildman–Crippen LogP) is 4.93. The number of anilines is 1. The molecule has 0 aliphatic heterocycles. The third-order valence-corrected chi connectivity index (χ3v) is 9.10. The normalized spacial score (nSPS) is 11.9. The van der Waals surface area contributed by atoms with E-state index in [1.807, 2.05) is 37.4 Å². The first-order valence-electron chi connectivity index (χ1n) is 12.3. The molecule has 3 aromatic rings. The van der Waals surface area contributed by atoms with Gasteiger partial charge in [0.05, 0.1) is 17.2 Å². The summed E-state index contributed by atoms with van der Waals surface area (Å²) in [6, 6.07) is 19.6. The number of hydrogen-bond acceptors (Lipinski definition) is 6. The summed E-state index contributed by atoms with van der Waals surface area (Å²) >= 11 is 4.90. The van der Waals surface area contributed by atoms with Crippen LogP contribution in [0, 0.1) is 0 Å². The summed E-state index contributed by atoms with van der Waals surface area (Å²) in [6.07, 6.45) is 1.90. The Morgan fingerprint density at radius 3 is 2.15 bits per heavy atom. The van der Waals surface area contributed by atoms with E-state index < -0.39 is 28.5 Å². The smallest absolute Gasteiger partial charge is 0.264 e. The van der Waals surface area contributed by atoms with E-state index >= 15 is 0 Å². The van der Waals surface area contributed by atoms with Crippen LogP contribution in [0.4, 0.5) is 5.69 Å². The topological polar surface area (TPSA) is 96.0 Å². The molecule has 8 nitrogen and oxygen atoms in total. The lowest BCUT2D eigenvalue weighted by Gasteiger charge is -2.31. The van der Waals surface area contributed by atoms with E-state index in [9.17, 15) is 18.0 Å². The van der Waals surface area contributed by atoms with Crippen LogP contribution in [-0.2, 0) is 26.2 Å². The first-order valence-corrected chi connectivity index (χ1v) is 15.7. The zero-order valence-corrected chi connectivity index (χ0v) is 25.5. The summed E-state index contributed by atoms with van der Waals surface area (Å²) in [6.45, 7) is 3.56. The molecule has 1 N–H and O–H groups in total. The van der Waals surface area contributed by atoms with Crippen LogP contribution in [0.25, 0.3) is 0 Å². The van der Waals surface area contributed by atoms with Crippen LogP contribution in [0.5, 0.6) is 5.75 Å². The molecule has 0 heterocycles. The number of carbonyl (C=O) groups is 2. The molecule has 0 fully saturated rings. The van der Waals surface area contributed by atoms with E-state index in [4.69, 9.17) is 4.74 Å². The highest BCUT2D eigenvalue weighted by atomic mass is 79.9. The number of amides is 2. The molecule has 0 radical (unpaired) electrons. The van der Waals surface area contributed by atoms with Gasteiger partial charge in [0.25, 0.3) is 10.0 Å². The number of hydrogen-bond donors (Lipinski definition) is 1. The first-order chi connectivity index (χ1) is 18.6. The lowest BCUT2D eigenvalue weighted by Crippen LogP contribution is -2.50. The third-order valence-electron chi connectivity index (χ3n) is 6.04. The van der Waals surface area contributed by atoms with Gasteiger partial charge in [-0.15, -0.1) is 11.8 Å². The third kappa shape index (κ3) is 7.77. The molecule has 0 spiro atoms. The first kappa shape index (κ1) is 30.5. The fourth-order valence-corrected chi connectivity index (χ4v) is 5.94. The number of nitrogens with zero attached hydrogens (tertiary/aromatic N) is 2. The van der Waals surface area contributed by atoms with Crippen LogP contribution >= 0.6 is 27.7 Å². The van der Waals surface area contributed by atoms with E-state index in [2.05, 4.69) is 21.2 Å². The minimum atomic E-state index is -4.13. The van der Waals surface area contributed by atoms with Crippen molar-refractivity contribution in [3.8, 4) is 5.75 Å². The number of nitrogens with one attached hydrogen (secondary N) is 1. The summed E-state index contributed by atoms with van der Waals surface area (Å²) in [5.74, 6) is -0.296. The Hall–Kier alpha value is -3.02. The molecule has 1 atom stereocenters. The molecule has 39 heavy (non-hydrogen) atoms. The molecule has 0 bridgehead atoms. The van der Waals surface area contributed by atoms with Gasteiger partial charge in [-0.3, -0.25) is 13.9 Å². The largest absolute Gasteiger partial charge is 0.494 e. The lowest BCUT2D eigenvalue weighted by atomic mass is 10.1. The second-order valence-corrected chi connectivity index (χ2v) is 12.2. The molecule has 0 unspecified atom stereocenters. The molecular formula is C28H32BrN3O5S2. The number of sulfonamides is 1. The minimum absolute atomic E-state index is 0.0563. The van der Waals surface area contributed by atoms with E-state index in [-0.39, 0.29) is 17.3 Å². The zero-order valence-electron chi connectivity index (χ0n) is 22.3. The van der Waals surface area contributed by atoms with Crippen molar-refractivity contribution in [2.75, 3.05) is 30.8 Å². The number of ether oxygens (including phenoxy) is 1. The zero-order chi connectivity index (χ0) is 28.6. The van der Waals surface area contributed by atoms with Gasteiger partial charge >= 0.3 is 0 Å². The maximum Gasteiger partial charge on any atom is 0.264 e. The fraction of sp³-hybridized carbons (Fsp3) is 0.286. The predicted molar refractivity (Wildman–Crippen MR) is 159 cm³/mol. The number of halogens is 1. The van der Waals surface area contributed by atoms with Crippen molar-refractivity contribution in [1.82, 2.24) is 10.2 Å². The summed E-state index contributed by atoms with van der Waals surface area (Å²) in [4.78, 5) is 28.7. The molecule has 0 saturated carbocycles. The van der Waals surface area contributed by atoms with Gasteiger partial charge in [0.1, 0.15) is 18.3 Å². The Balaban J connectivity index is 2.02. The Morgan fingerprint density at radius 2 is 1.62 bits per heavy atom. The van der Waals surface area contributed by atoms with Gasteiger partial charge in [0, 0.05) is 23.0 Å². The van der Waals surface area contributed by atoms with Gasteiger partial charge < -0.3 is 15.0 Å². The number of thioether (sulfide) groups is 1. The standard InChI is InChI=1S/C28H32BrN3O5S2/c1-5-37-24-12-10-23(11-13-24)32(39(35,36)26-16-14-25(38-4)15-17-26)19-27(33)31(20(2)28(34)30-3)18-21-6-8-22(29)9-7-21/h6-17,20H,5,18-19H2,1-4H3,(H,30,34)/t20-/m0/s1. The van der Waals surface area contributed by atoms with Crippen molar-refractivity contribution in [2.45, 2.75) is 36.2 Å². The van der Waals surface area contributed by atoms with Gasteiger partial charge in [-0.25, -0.2) is 8.42 Å². The Morgan fingerprint density at radius 1 is 1.00 bits per heavy atom. The highest BCUT2D eigenvalue weighted by molar-refractivity contribution is 9.10. The highest BCUT2D eigenvalue weighted by Gasteiger charge is 2.32. The molecule has 3 rings (SSSR count). The molecular weight excluding hydrogens is 602 g/mol. The van der Waals surface area contributed by atoms with Crippen LogP contribution in [-0.4, -0.2) is 57.6 Å². The Bertz CT molecular complexity index is 1370. The average molecular weight is 635 g/mol. The lowest BCUT2D eigenvalue weighted by molar-refractivity contribution is -0.139. The summed E-state index contributed by atoms with van der Waals surface area (Å²) in [7, 11) is -2.64. The highest BCUT2D eigenvalue weighted by Crippen LogP contribution is 2.28. The molecule has 3 aromatic carbocycles. The summed E-state index contributed by atoms with van der Waals surface area (Å²) in [5.41, 5.74) is 1.10. The van der Waals surface area contributed by atoms with Crippen molar-refractivity contribution >= 4 is 55.2 Å².